The van der Waals surface area contributed by atoms with E-state index in [-0.39, 0.29) is 38.3 Å². The summed E-state index contributed by atoms with van der Waals surface area (Å²) < 4.78 is 79.6. The first kappa shape index (κ1) is 23.0. The Kier molecular flexibility index (Phi) is 6.73. The average Bonchev–Trinajstić information content (AvgIpc) is 2.68. The third kappa shape index (κ3) is 4.94. The number of sulfonamides is 1. The molecule has 11 heteroatoms. The van der Waals surface area contributed by atoms with E-state index in [1.807, 2.05) is 0 Å². The molecule has 0 unspecified atom stereocenters. The summed E-state index contributed by atoms with van der Waals surface area (Å²) >= 11 is 5.56. The Morgan fingerprint density at radius 2 is 1.70 bits per heavy atom. The van der Waals surface area contributed by atoms with Gasteiger partial charge in [-0.25, -0.2) is 12.8 Å². The van der Waals surface area contributed by atoms with Gasteiger partial charge in [-0.2, -0.15) is 17.5 Å². The first-order valence-electron chi connectivity index (χ1n) is 9.02. The van der Waals surface area contributed by atoms with Crippen molar-refractivity contribution in [2.45, 2.75) is 17.2 Å². The van der Waals surface area contributed by atoms with Gasteiger partial charge in [-0.15, -0.1) is 0 Å². The van der Waals surface area contributed by atoms with Crippen molar-refractivity contribution in [2.24, 2.45) is 0 Å². The predicted octanol–water partition coefficient (Wildman–Crippen LogP) is 3.54. The van der Waals surface area contributed by atoms with Crippen LogP contribution in [0.2, 0.25) is 5.02 Å². The lowest BCUT2D eigenvalue weighted by atomic mass is 10.1. The summed E-state index contributed by atoms with van der Waals surface area (Å²) in [4.78, 5) is 1.28. The maximum Gasteiger partial charge on any atom is 0.417 e. The summed E-state index contributed by atoms with van der Waals surface area (Å²) in [5.41, 5.74) is -1.06. The van der Waals surface area contributed by atoms with Gasteiger partial charge in [0.05, 0.1) is 21.6 Å². The van der Waals surface area contributed by atoms with E-state index >= 15 is 0 Å². The molecule has 164 valence electrons. The second kappa shape index (κ2) is 8.80. The molecule has 1 heterocycles. The number of alkyl halides is 3. The van der Waals surface area contributed by atoms with E-state index in [2.05, 4.69) is 0 Å². The molecule has 1 fully saturated rings. The van der Waals surface area contributed by atoms with E-state index in [1.165, 1.54) is 18.2 Å². The van der Waals surface area contributed by atoms with E-state index in [0.717, 1.165) is 16.4 Å². The lowest BCUT2D eigenvalue weighted by molar-refractivity contribution is -0.137. The quantitative estimate of drug-likeness (QED) is 0.685. The van der Waals surface area contributed by atoms with Crippen LogP contribution in [0.15, 0.2) is 47.4 Å². The number of benzene rings is 2. The lowest BCUT2D eigenvalue weighted by Crippen LogP contribution is -2.49. The number of piperazine rings is 1. The summed E-state index contributed by atoms with van der Waals surface area (Å²) in [6, 6.07) is 8.32. The predicted molar refractivity (Wildman–Crippen MR) is 103 cm³/mol. The first-order chi connectivity index (χ1) is 14.0. The molecule has 0 saturated carbocycles. The van der Waals surface area contributed by atoms with E-state index in [0.29, 0.717) is 6.07 Å². The molecule has 0 bridgehead atoms. The zero-order valence-corrected chi connectivity index (χ0v) is 17.2. The van der Waals surface area contributed by atoms with Crippen molar-refractivity contribution in [3.05, 3.63) is 64.4 Å². The normalized spacial score (nSPS) is 17.8. The molecule has 0 amide bonds. The van der Waals surface area contributed by atoms with Crippen LogP contribution in [0.4, 0.5) is 17.6 Å². The number of hydrogen-bond donors (Lipinski definition) is 1. The molecule has 0 aliphatic carbocycles. The van der Waals surface area contributed by atoms with Crippen LogP contribution in [-0.2, 0) is 16.2 Å². The molecule has 0 radical (unpaired) electrons. The summed E-state index contributed by atoms with van der Waals surface area (Å²) in [6.45, 7) is 0.634. The molecule has 1 aliphatic rings. The second-order valence-corrected chi connectivity index (χ2v) is 9.23. The molecule has 5 nitrogen and oxygen atoms in total. The van der Waals surface area contributed by atoms with Crippen LogP contribution in [0.25, 0.3) is 0 Å². The summed E-state index contributed by atoms with van der Waals surface area (Å²) in [5, 5.41) is 9.68. The van der Waals surface area contributed by atoms with Crippen molar-refractivity contribution < 1.29 is 31.1 Å². The maximum absolute atomic E-state index is 13.8. The van der Waals surface area contributed by atoms with E-state index < -0.39 is 43.6 Å². The van der Waals surface area contributed by atoms with Gasteiger partial charge >= 0.3 is 6.18 Å². The van der Waals surface area contributed by atoms with Gasteiger partial charge < -0.3 is 5.11 Å². The van der Waals surface area contributed by atoms with Crippen molar-refractivity contribution in [2.75, 3.05) is 32.7 Å². The Labute approximate surface area is 176 Å². The third-order valence-electron chi connectivity index (χ3n) is 4.91. The Morgan fingerprint density at radius 3 is 2.30 bits per heavy atom. The highest BCUT2D eigenvalue weighted by Gasteiger charge is 2.36. The fourth-order valence-corrected chi connectivity index (χ4v) is 4.95. The van der Waals surface area contributed by atoms with Crippen molar-refractivity contribution in [1.82, 2.24) is 9.21 Å². The lowest BCUT2D eigenvalue weighted by Gasteiger charge is -2.35. The first-order valence-corrected chi connectivity index (χ1v) is 10.8. The summed E-state index contributed by atoms with van der Waals surface area (Å²) in [5.74, 6) is -0.533. The Hall–Kier alpha value is -1.72. The van der Waals surface area contributed by atoms with Crippen LogP contribution in [-0.4, -0.2) is 55.5 Å². The Balaban J connectivity index is 1.68. The van der Waals surface area contributed by atoms with Gasteiger partial charge in [-0.05, 0) is 24.3 Å². The largest absolute Gasteiger partial charge is 0.417 e. The molecule has 2 aromatic carbocycles. The molecule has 3 rings (SSSR count). The van der Waals surface area contributed by atoms with E-state index in [9.17, 15) is 31.1 Å². The number of halogens is 5. The molecule has 1 saturated heterocycles. The van der Waals surface area contributed by atoms with Crippen LogP contribution < -0.4 is 0 Å². The van der Waals surface area contributed by atoms with Gasteiger partial charge in [0.1, 0.15) is 5.82 Å². The highest BCUT2D eigenvalue weighted by atomic mass is 35.5. The molecule has 2 aromatic rings. The molecule has 30 heavy (non-hydrogen) atoms. The molecular formula is C19H19ClF4N2O3S. The fourth-order valence-electron chi connectivity index (χ4n) is 3.27. The minimum atomic E-state index is -4.77. The minimum absolute atomic E-state index is 0.0241. The third-order valence-corrected chi connectivity index (χ3v) is 7.13. The number of nitrogens with zero attached hydrogens (tertiary/aromatic N) is 2. The van der Waals surface area contributed by atoms with E-state index in [1.54, 1.807) is 11.0 Å². The molecule has 0 aromatic heterocycles. The standard InChI is InChI=1S/C19H19ClF4N2O3S/c20-16-6-5-13(11-15(16)19(22,23)24)30(28,29)26-9-7-25(8-10-26)12-18(27)14-3-1-2-4-17(14)21/h1-6,11,18,27H,7-10,12H2/t18-/m1/s1. The highest BCUT2D eigenvalue weighted by molar-refractivity contribution is 7.89. The number of aliphatic hydroxyl groups excluding tert-OH is 1. The monoisotopic (exact) mass is 466 g/mol. The average molecular weight is 467 g/mol. The smallest absolute Gasteiger partial charge is 0.387 e. The molecule has 1 atom stereocenters. The number of β-amino-alcohol motifs (C(OH)–C–C–N with tert-alkyl or cyclic N) is 1. The van der Waals surface area contributed by atoms with Gasteiger partial charge in [-0.1, -0.05) is 29.8 Å². The summed E-state index contributed by atoms with van der Waals surface area (Å²) in [7, 11) is -4.15. The zero-order valence-electron chi connectivity index (χ0n) is 15.6. The second-order valence-electron chi connectivity index (χ2n) is 6.88. The molecule has 1 aliphatic heterocycles. The van der Waals surface area contributed by atoms with Gasteiger partial charge in [0, 0.05) is 38.3 Å². The van der Waals surface area contributed by atoms with Gasteiger partial charge in [-0.3, -0.25) is 4.90 Å². The van der Waals surface area contributed by atoms with Gasteiger partial charge in [0.15, 0.2) is 0 Å². The van der Waals surface area contributed by atoms with Crippen molar-refractivity contribution >= 4 is 21.6 Å². The van der Waals surface area contributed by atoms with Gasteiger partial charge in [0.25, 0.3) is 0 Å². The number of aliphatic hydroxyl groups is 1. The van der Waals surface area contributed by atoms with Crippen LogP contribution >= 0.6 is 11.6 Å². The zero-order chi connectivity index (χ0) is 22.1. The molecular weight excluding hydrogens is 448 g/mol. The SMILES string of the molecule is O=S(=O)(c1ccc(Cl)c(C(F)(F)F)c1)N1CCN(C[C@@H](O)c2ccccc2F)CC1. The van der Waals surface area contributed by atoms with Gasteiger partial charge in [0.2, 0.25) is 10.0 Å². The van der Waals surface area contributed by atoms with Crippen LogP contribution in [0.1, 0.15) is 17.2 Å². The maximum atomic E-state index is 13.8. The van der Waals surface area contributed by atoms with E-state index in [4.69, 9.17) is 11.6 Å². The van der Waals surface area contributed by atoms with Crippen molar-refractivity contribution in [3.63, 3.8) is 0 Å². The molecule has 1 N–H and O–H groups in total. The summed E-state index contributed by atoms with van der Waals surface area (Å²) in [6.07, 6.45) is -5.86. The minimum Gasteiger partial charge on any atom is -0.387 e. The Bertz CT molecular complexity index is 1010. The van der Waals surface area contributed by atoms with Crippen LogP contribution in [0.5, 0.6) is 0 Å². The number of hydrogen-bond acceptors (Lipinski definition) is 4. The molecule has 0 spiro atoms. The highest BCUT2D eigenvalue weighted by Crippen LogP contribution is 2.36. The van der Waals surface area contributed by atoms with Crippen LogP contribution in [0, 0.1) is 5.82 Å². The van der Waals surface area contributed by atoms with Crippen LogP contribution in [0.3, 0.4) is 0 Å². The van der Waals surface area contributed by atoms with Crippen molar-refractivity contribution in [1.29, 1.82) is 0 Å². The Morgan fingerprint density at radius 1 is 1.07 bits per heavy atom. The van der Waals surface area contributed by atoms with Crippen molar-refractivity contribution in [3.8, 4) is 0 Å². The number of rotatable bonds is 5. The topological polar surface area (TPSA) is 60.9 Å². The fraction of sp³-hybridized carbons (Fsp3) is 0.368.